The number of rotatable bonds is 4. The molecule has 0 atom stereocenters. The van der Waals surface area contributed by atoms with Crippen molar-refractivity contribution in [1.82, 2.24) is 24.4 Å². The number of ether oxygens (including phenoxy) is 2. The fourth-order valence-corrected chi connectivity index (χ4v) is 5.10. The Bertz CT molecular complexity index is 1120. The molecular weight excluding hydrogens is 406 g/mol. The zero-order valence-corrected chi connectivity index (χ0v) is 18.2. The molecule has 0 unspecified atom stereocenters. The third-order valence-corrected chi connectivity index (χ3v) is 6.90. The molecule has 1 aliphatic carbocycles. The summed E-state index contributed by atoms with van der Waals surface area (Å²) < 4.78 is 13.2. The Balaban J connectivity index is 1.16. The van der Waals surface area contributed by atoms with Crippen molar-refractivity contribution in [2.24, 2.45) is 0 Å². The first-order valence-corrected chi connectivity index (χ1v) is 11.6. The van der Waals surface area contributed by atoms with E-state index in [-0.39, 0.29) is 0 Å². The molecule has 9 nitrogen and oxygen atoms in total. The second-order valence-electron chi connectivity index (χ2n) is 8.98. The Labute approximate surface area is 187 Å². The number of anilines is 2. The smallest absolute Gasteiger partial charge is 0.231 e. The summed E-state index contributed by atoms with van der Waals surface area (Å²) >= 11 is 0. The average molecular weight is 436 g/mol. The van der Waals surface area contributed by atoms with Gasteiger partial charge in [0.2, 0.25) is 12.7 Å². The topological polar surface area (TPSA) is 94.6 Å². The van der Waals surface area contributed by atoms with Gasteiger partial charge >= 0.3 is 0 Å². The molecule has 1 saturated carbocycles. The molecule has 0 spiro atoms. The first-order chi connectivity index (χ1) is 15.7. The van der Waals surface area contributed by atoms with Crippen LogP contribution in [0.3, 0.4) is 0 Å². The van der Waals surface area contributed by atoms with Crippen LogP contribution in [0.1, 0.15) is 43.7 Å². The SMILES string of the molecule is Nc1nc(N2CCN(Cc3ccc4c(c3)OCO4)CC2)nc2c1ncn2C1CCCCC1. The standard InChI is InChI=1S/C23H29N7O2/c24-21-20-22(30(14-25-20)17-4-2-1-3-5-17)27-23(26-21)29-10-8-28(9-11-29)13-16-6-7-18-19(12-16)32-15-31-18/h6-7,12,14,17H,1-5,8-11,13,15H2,(H2,24,26,27). The van der Waals surface area contributed by atoms with Gasteiger partial charge in [-0.05, 0) is 30.5 Å². The molecule has 1 aromatic carbocycles. The highest BCUT2D eigenvalue weighted by atomic mass is 16.7. The molecule has 32 heavy (non-hydrogen) atoms. The predicted molar refractivity (Wildman–Crippen MR) is 122 cm³/mol. The number of hydrogen-bond donors (Lipinski definition) is 1. The van der Waals surface area contributed by atoms with E-state index in [0.717, 1.165) is 61.3 Å². The van der Waals surface area contributed by atoms with Gasteiger partial charge in [0.1, 0.15) is 5.52 Å². The fourth-order valence-electron chi connectivity index (χ4n) is 5.10. The maximum atomic E-state index is 6.29. The summed E-state index contributed by atoms with van der Waals surface area (Å²) in [5.74, 6) is 2.86. The summed E-state index contributed by atoms with van der Waals surface area (Å²) in [5.41, 5.74) is 9.13. The summed E-state index contributed by atoms with van der Waals surface area (Å²) in [6.45, 7) is 4.82. The van der Waals surface area contributed by atoms with Gasteiger partial charge < -0.3 is 24.7 Å². The van der Waals surface area contributed by atoms with Crippen LogP contribution in [0.25, 0.3) is 11.2 Å². The van der Waals surface area contributed by atoms with Gasteiger partial charge in [-0.3, -0.25) is 4.90 Å². The number of nitrogens with two attached hydrogens (primary N) is 1. The monoisotopic (exact) mass is 435 g/mol. The number of benzene rings is 1. The van der Waals surface area contributed by atoms with Crippen molar-refractivity contribution >= 4 is 22.9 Å². The summed E-state index contributed by atoms with van der Waals surface area (Å²) in [4.78, 5) is 18.7. The van der Waals surface area contributed by atoms with E-state index in [1.54, 1.807) is 0 Å². The van der Waals surface area contributed by atoms with E-state index >= 15 is 0 Å². The van der Waals surface area contributed by atoms with Crippen LogP contribution in [0.15, 0.2) is 24.5 Å². The third kappa shape index (κ3) is 3.60. The van der Waals surface area contributed by atoms with Crippen molar-refractivity contribution in [1.29, 1.82) is 0 Å². The normalized spacial score (nSPS) is 19.7. The van der Waals surface area contributed by atoms with E-state index in [0.29, 0.717) is 18.7 Å². The van der Waals surface area contributed by atoms with Crippen LogP contribution in [0.4, 0.5) is 11.8 Å². The Morgan fingerprint density at radius 2 is 1.78 bits per heavy atom. The molecular formula is C23H29N7O2. The summed E-state index contributed by atoms with van der Waals surface area (Å²) in [5, 5.41) is 0. The third-order valence-electron chi connectivity index (χ3n) is 6.90. The van der Waals surface area contributed by atoms with Gasteiger partial charge in [0.15, 0.2) is 23.0 Å². The molecule has 9 heteroatoms. The predicted octanol–water partition coefficient (Wildman–Crippen LogP) is 2.96. The van der Waals surface area contributed by atoms with E-state index in [1.807, 2.05) is 12.4 Å². The lowest BCUT2D eigenvalue weighted by atomic mass is 9.95. The largest absolute Gasteiger partial charge is 0.454 e. The molecule has 1 saturated heterocycles. The van der Waals surface area contributed by atoms with Crippen LogP contribution < -0.4 is 20.1 Å². The highest BCUT2D eigenvalue weighted by Crippen LogP contribution is 2.33. The molecule has 2 aromatic heterocycles. The molecule has 2 fully saturated rings. The Morgan fingerprint density at radius 3 is 2.62 bits per heavy atom. The molecule has 0 bridgehead atoms. The molecule has 6 rings (SSSR count). The molecule has 168 valence electrons. The average Bonchev–Trinajstić information content (AvgIpc) is 3.47. The molecule has 4 heterocycles. The van der Waals surface area contributed by atoms with Gasteiger partial charge in [-0.2, -0.15) is 9.97 Å². The Morgan fingerprint density at radius 1 is 0.969 bits per heavy atom. The van der Waals surface area contributed by atoms with Crippen molar-refractivity contribution in [2.45, 2.75) is 44.7 Å². The van der Waals surface area contributed by atoms with Gasteiger partial charge in [0, 0.05) is 38.8 Å². The van der Waals surface area contributed by atoms with Crippen molar-refractivity contribution in [2.75, 3.05) is 43.6 Å². The molecule has 0 radical (unpaired) electrons. The highest BCUT2D eigenvalue weighted by molar-refractivity contribution is 5.83. The van der Waals surface area contributed by atoms with E-state index in [9.17, 15) is 0 Å². The van der Waals surface area contributed by atoms with Crippen LogP contribution in [-0.2, 0) is 6.54 Å². The van der Waals surface area contributed by atoms with Crippen molar-refractivity contribution in [3.05, 3.63) is 30.1 Å². The number of piperazine rings is 1. The maximum Gasteiger partial charge on any atom is 0.231 e. The van der Waals surface area contributed by atoms with E-state index in [2.05, 4.69) is 36.5 Å². The van der Waals surface area contributed by atoms with Crippen molar-refractivity contribution in [3.8, 4) is 11.5 Å². The number of fused-ring (bicyclic) bond motifs is 2. The first-order valence-electron chi connectivity index (χ1n) is 11.6. The summed E-state index contributed by atoms with van der Waals surface area (Å²) in [6, 6.07) is 6.66. The minimum absolute atomic E-state index is 0.310. The number of aromatic nitrogens is 4. The van der Waals surface area contributed by atoms with Crippen LogP contribution in [0.2, 0.25) is 0 Å². The number of hydrogen-bond acceptors (Lipinski definition) is 8. The van der Waals surface area contributed by atoms with Gasteiger partial charge in [0.05, 0.1) is 6.33 Å². The van der Waals surface area contributed by atoms with E-state index in [4.69, 9.17) is 20.2 Å². The van der Waals surface area contributed by atoms with Crippen LogP contribution in [0, 0.1) is 0 Å². The van der Waals surface area contributed by atoms with Crippen molar-refractivity contribution < 1.29 is 9.47 Å². The molecule has 3 aliphatic rings. The lowest BCUT2D eigenvalue weighted by Gasteiger charge is -2.34. The van der Waals surface area contributed by atoms with E-state index in [1.165, 1.54) is 37.7 Å². The fraction of sp³-hybridized carbons (Fsp3) is 0.522. The Kier molecular flexibility index (Phi) is 4.98. The van der Waals surface area contributed by atoms with Crippen molar-refractivity contribution in [3.63, 3.8) is 0 Å². The molecule has 2 N–H and O–H groups in total. The number of nitrogen functional groups attached to an aromatic ring is 1. The second kappa shape index (κ2) is 8.12. The van der Waals surface area contributed by atoms with Crippen LogP contribution >= 0.6 is 0 Å². The van der Waals surface area contributed by atoms with Crippen LogP contribution in [-0.4, -0.2) is 57.4 Å². The zero-order valence-electron chi connectivity index (χ0n) is 18.2. The lowest BCUT2D eigenvalue weighted by molar-refractivity contribution is 0.174. The highest BCUT2D eigenvalue weighted by Gasteiger charge is 2.24. The van der Waals surface area contributed by atoms with Gasteiger partial charge in [0.25, 0.3) is 0 Å². The zero-order chi connectivity index (χ0) is 21.5. The van der Waals surface area contributed by atoms with Gasteiger partial charge in [-0.1, -0.05) is 25.3 Å². The minimum atomic E-state index is 0.310. The van der Waals surface area contributed by atoms with E-state index < -0.39 is 0 Å². The number of imidazole rings is 1. The lowest BCUT2D eigenvalue weighted by Crippen LogP contribution is -2.46. The molecule has 0 amide bonds. The molecule has 2 aliphatic heterocycles. The quantitative estimate of drug-likeness (QED) is 0.668. The molecule has 3 aromatic rings. The summed E-state index contributed by atoms with van der Waals surface area (Å²) in [6.07, 6.45) is 8.12. The Hall–Kier alpha value is -3.07. The maximum absolute atomic E-state index is 6.29. The summed E-state index contributed by atoms with van der Waals surface area (Å²) in [7, 11) is 0. The van der Waals surface area contributed by atoms with Gasteiger partial charge in [-0.25, -0.2) is 4.98 Å². The number of nitrogens with zero attached hydrogens (tertiary/aromatic N) is 6. The first kappa shape index (κ1) is 19.6. The second-order valence-corrected chi connectivity index (χ2v) is 8.98. The minimum Gasteiger partial charge on any atom is -0.454 e. The van der Waals surface area contributed by atoms with Crippen LogP contribution in [0.5, 0.6) is 11.5 Å². The van der Waals surface area contributed by atoms with Gasteiger partial charge in [-0.15, -0.1) is 0 Å².